The number of nitrogens with zero attached hydrogens (tertiary/aromatic N) is 3. The number of allylic oxidation sites excluding steroid dienone is 12. The first kappa shape index (κ1) is 32.0. The van der Waals surface area contributed by atoms with E-state index in [2.05, 4.69) is 90.5 Å². The highest BCUT2D eigenvalue weighted by molar-refractivity contribution is 6.13. The minimum absolute atomic E-state index is 0.513. The Kier molecular flexibility index (Phi) is 10.8. The fraction of sp³-hybridized carbons (Fsp3) is 0.171. The van der Waals surface area contributed by atoms with Crippen LogP contribution >= 0.6 is 0 Å². The molecule has 0 saturated carbocycles. The third-order valence-electron chi connectivity index (χ3n) is 7.56. The van der Waals surface area contributed by atoms with Gasteiger partial charge in [0.15, 0.2) is 23.0 Å². The van der Waals surface area contributed by atoms with Crippen molar-refractivity contribution in [2.75, 3.05) is 0 Å². The lowest BCUT2D eigenvalue weighted by atomic mass is 10.1. The molecule has 3 aromatic rings. The molecule has 0 N–H and O–H groups in total. The maximum Gasteiger partial charge on any atom is 0.172 e. The van der Waals surface area contributed by atoms with Crippen LogP contribution in [-0.4, -0.2) is 17.0 Å². The number of rotatable bonds is 12. The second kappa shape index (κ2) is 15.5. The lowest BCUT2D eigenvalue weighted by molar-refractivity contribution is 0.289. The van der Waals surface area contributed by atoms with E-state index in [0.29, 0.717) is 23.9 Å². The first-order valence-corrected chi connectivity index (χ1v) is 15.8. The Hall–Kier alpha value is -5.42. The van der Waals surface area contributed by atoms with Crippen LogP contribution in [-0.2, 0) is 6.54 Å². The van der Waals surface area contributed by atoms with Crippen LogP contribution in [0, 0.1) is 0 Å². The van der Waals surface area contributed by atoms with E-state index < -0.39 is 0 Å². The van der Waals surface area contributed by atoms with Gasteiger partial charge in [0.1, 0.15) is 5.82 Å². The van der Waals surface area contributed by atoms with Gasteiger partial charge in [0.2, 0.25) is 0 Å². The summed E-state index contributed by atoms with van der Waals surface area (Å²) in [5.41, 5.74) is 5.70. The lowest BCUT2D eigenvalue weighted by Crippen LogP contribution is -2.14. The van der Waals surface area contributed by atoms with Crippen LogP contribution in [0.2, 0.25) is 0 Å². The van der Waals surface area contributed by atoms with Crippen molar-refractivity contribution in [2.24, 2.45) is 9.98 Å². The molecular formula is C41H41N3O2. The van der Waals surface area contributed by atoms with Gasteiger partial charge >= 0.3 is 0 Å². The van der Waals surface area contributed by atoms with Gasteiger partial charge in [-0.05, 0) is 75.3 Å². The van der Waals surface area contributed by atoms with Gasteiger partial charge in [0, 0.05) is 23.1 Å². The molecule has 1 aliphatic heterocycles. The Labute approximate surface area is 272 Å². The second-order valence-electron chi connectivity index (χ2n) is 10.8. The van der Waals surface area contributed by atoms with Gasteiger partial charge < -0.3 is 9.47 Å². The third kappa shape index (κ3) is 7.10. The minimum atomic E-state index is 0.513. The topological polar surface area (TPSA) is 48.1 Å². The molecule has 1 aliphatic carbocycles. The first-order valence-electron chi connectivity index (χ1n) is 15.8. The molecule has 2 heterocycles. The van der Waals surface area contributed by atoms with E-state index in [-0.39, 0.29) is 0 Å². The Morgan fingerprint density at radius 1 is 0.957 bits per heavy atom. The summed E-state index contributed by atoms with van der Waals surface area (Å²) in [6, 6.07) is 14.3. The summed E-state index contributed by atoms with van der Waals surface area (Å²) < 4.78 is 14.9. The van der Waals surface area contributed by atoms with Crippen molar-refractivity contribution in [3.8, 4) is 11.5 Å². The smallest absolute Gasteiger partial charge is 0.172 e. The molecule has 46 heavy (non-hydrogen) atoms. The number of ether oxygens (including phenoxy) is 2. The molecule has 5 nitrogen and oxygen atoms in total. The Morgan fingerprint density at radius 3 is 2.35 bits per heavy atom. The van der Waals surface area contributed by atoms with E-state index in [1.165, 1.54) is 0 Å². The van der Waals surface area contributed by atoms with Crippen molar-refractivity contribution in [3.05, 3.63) is 150 Å². The van der Waals surface area contributed by atoms with Crippen LogP contribution in [0.1, 0.15) is 56.9 Å². The van der Waals surface area contributed by atoms with E-state index >= 15 is 0 Å². The second-order valence-corrected chi connectivity index (χ2v) is 10.8. The van der Waals surface area contributed by atoms with E-state index in [1.54, 1.807) is 6.08 Å². The van der Waals surface area contributed by atoms with Crippen molar-refractivity contribution < 1.29 is 9.47 Å². The molecule has 5 rings (SSSR count). The van der Waals surface area contributed by atoms with Gasteiger partial charge in [-0.3, -0.25) is 9.56 Å². The van der Waals surface area contributed by atoms with Crippen LogP contribution in [0.5, 0.6) is 11.5 Å². The number of aromatic nitrogens is 1. The predicted molar refractivity (Wildman–Crippen MR) is 196 cm³/mol. The number of benzene rings is 2. The first-order chi connectivity index (χ1) is 22.6. The Balaban J connectivity index is 1.77. The summed E-state index contributed by atoms with van der Waals surface area (Å²) in [6.07, 6.45) is 29.3. The summed E-state index contributed by atoms with van der Waals surface area (Å²) in [7, 11) is 0. The molecule has 1 aromatic heterocycles. The molecule has 5 heteroatoms. The summed E-state index contributed by atoms with van der Waals surface area (Å²) in [5.74, 6) is 3.50. The minimum Gasteiger partial charge on any atom is -0.450 e. The van der Waals surface area contributed by atoms with Crippen molar-refractivity contribution >= 4 is 41.3 Å². The van der Waals surface area contributed by atoms with E-state index in [0.717, 1.165) is 69.8 Å². The largest absolute Gasteiger partial charge is 0.450 e. The average molecular weight is 608 g/mol. The van der Waals surface area contributed by atoms with Crippen LogP contribution in [0.4, 0.5) is 0 Å². The Bertz CT molecular complexity index is 1890. The third-order valence-corrected chi connectivity index (χ3v) is 7.56. The zero-order valence-electron chi connectivity index (χ0n) is 26.9. The molecule has 0 fully saturated rings. The highest BCUT2D eigenvalue weighted by Gasteiger charge is 2.26. The molecule has 0 amide bonds. The fourth-order valence-electron chi connectivity index (χ4n) is 5.48. The normalized spacial score (nSPS) is 15.7. The van der Waals surface area contributed by atoms with Crippen LogP contribution in [0.15, 0.2) is 143 Å². The summed E-state index contributed by atoms with van der Waals surface area (Å²) in [4.78, 5) is 9.67. The molecule has 232 valence electrons. The fourth-order valence-corrected chi connectivity index (χ4v) is 5.48. The summed E-state index contributed by atoms with van der Waals surface area (Å²) >= 11 is 0. The molecule has 0 radical (unpaired) electrons. The van der Waals surface area contributed by atoms with Gasteiger partial charge in [0.05, 0.1) is 23.5 Å². The highest BCUT2D eigenvalue weighted by Crippen LogP contribution is 2.44. The maximum absolute atomic E-state index is 6.39. The summed E-state index contributed by atoms with van der Waals surface area (Å²) in [5, 5.41) is 1.01. The molecule has 0 atom stereocenters. The molecule has 0 saturated heterocycles. The standard InChI is InChI=1S/C41H41N3O2/c1-6-10-11-15-23-32-33-26-39-40(46-38-25-17-16-24-37(38)45-39)28-36(33)44(35(32)20-9-4)41(42-5)27-34(31(18-7-2)19-8-3)43-29-30-21-13-12-14-22-30/h7-15,18-28H,2,5-6,16-17,29H2,1,3-4H3/b11-10-,19-8-,20-9-,23-15-,31-18+,41-27+,43-34?. The van der Waals surface area contributed by atoms with Crippen LogP contribution in [0.3, 0.4) is 0 Å². The van der Waals surface area contributed by atoms with Gasteiger partial charge in [-0.2, -0.15) is 0 Å². The van der Waals surface area contributed by atoms with Crippen molar-refractivity contribution in [2.45, 2.75) is 46.6 Å². The van der Waals surface area contributed by atoms with E-state index in [1.807, 2.05) is 68.5 Å². The molecule has 2 aromatic carbocycles. The maximum atomic E-state index is 6.39. The lowest BCUT2D eigenvalue weighted by Gasteiger charge is -2.25. The van der Waals surface area contributed by atoms with Crippen molar-refractivity contribution in [1.82, 2.24) is 4.57 Å². The van der Waals surface area contributed by atoms with E-state index in [9.17, 15) is 0 Å². The van der Waals surface area contributed by atoms with Crippen molar-refractivity contribution in [3.63, 3.8) is 0 Å². The zero-order chi connectivity index (χ0) is 32.3. The van der Waals surface area contributed by atoms with Gasteiger partial charge in [-0.1, -0.05) is 98.5 Å². The van der Waals surface area contributed by atoms with Gasteiger partial charge in [-0.15, -0.1) is 0 Å². The quantitative estimate of drug-likeness (QED) is 0.152. The molecule has 0 bridgehead atoms. The van der Waals surface area contributed by atoms with Crippen LogP contribution < -0.4 is 9.47 Å². The number of hydrogen-bond donors (Lipinski definition) is 0. The number of hydrogen-bond acceptors (Lipinski definition) is 4. The highest BCUT2D eigenvalue weighted by atomic mass is 16.6. The van der Waals surface area contributed by atoms with Crippen molar-refractivity contribution in [1.29, 1.82) is 0 Å². The molecular weight excluding hydrogens is 566 g/mol. The predicted octanol–water partition coefficient (Wildman–Crippen LogP) is 10.8. The molecule has 2 aliphatic rings. The molecule has 0 spiro atoms. The molecule has 0 unspecified atom stereocenters. The number of fused-ring (bicyclic) bond motifs is 3. The van der Waals surface area contributed by atoms with E-state index in [4.69, 9.17) is 14.5 Å². The van der Waals surface area contributed by atoms with Crippen LogP contribution in [0.25, 0.3) is 28.9 Å². The average Bonchev–Trinajstić information content (AvgIpc) is 3.36. The summed E-state index contributed by atoms with van der Waals surface area (Å²) in [6.45, 7) is 14.6. The van der Waals surface area contributed by atoms with Gasteiger partial charge in [-0.25, -0.2) is 4.99 Å². The zero-order valence-corrected chi connectivity index (χ0v) is 26.9. The Morgan fingerprint density at radius 2 is 1.70 bits per heavy atom. The SMILES string of the molecule is C=C/C=C(\C=C/C)C(/C=C(\N=C)n1c(/C=C\C)c(/C=C\C=C/CC)c2cc3c(cc21)OC1=CCCC=C1O3)=NCc1ccccc1. The number of aliphatic imine (C=N–C) groups is 2. The monoisotopic (exact) mass is 607 g/mol. The van der Waals surface area contributed by atoms with Gasteiger partial charge in [0.25, 0.3) is 0 Å².